The van der Waals surface area contributed by atoms with Crippen LogP contribution in [0.15, 0.2) is 23.1 Å². The van der Waals surface area contributed by atoms with E-state index in [2.05, 4.69) is 0 Å². The van der Waals surface area contributed by atoms with Crippen LogP contribution in [0.1, 0.15) is 10.4 Å². The molecule has 0 aliphatic rings. The number of sulfonamides is 1. The predicted molar refractivity (Wildman–Crippen MR) is 57.5 cm³/mol. The van der Waals surface area contributed by atoms with Gasteiger partial charge in [-0.15, -0.1) is 0 Å². The van der Waals surface area contributed by atoms with E-state index in [1.54, 1.807) is 0 Å². The molecule has 0 saturated heterocycles. The number of carbonyl (C=O) groups excluding carboxylic acids is 1. The minimum atomic E-state index is -4.04. The van der Waals surface area contributed by atoms with E-state index in [0.29, 0.717) is 0 Å². The van der Waals surface area contributed by atoms with Crippen molar-refractivity contribution in [3.8, 4) is 5.75 Å². The average Bonchev–Trinajstić information content (AvgIpc) is 2.15. The van der Waals surface area contributed by atoms with Crippen LogP contribution in [-0.4, -0.2) is 38.4 Å². The number of aromatic hydroxyl groups is 1. The Morgan fingerprint density at radius 1 is 1.38 bits per heavy atom. The van der Waals surface area contributed by atoms with Gasteiger partial charge in [-0.1, -0.05) is 6.07 Å². The van der Waals surface area contributed by atoms with E-state index < -0.39 is 26.6 Å². The average molecular weight is 244 g/mol. The Bertz CT molecular complexity index is 522. The molecular formula is C9H12N2O4S. The van der Waals surface area contributed by atoms with Crippen LogP contribution >= 0.6 is 0 Å². The van der Waals surface area contributed by atoms with Crippen molar-refractivity contribution in [2.45, 2.75) is 4.90 Å². The normalized spacial score (nSPS) is 11.2. The van der Waals surface area contributed by atoms with Crippen molar-refractivity contribution < 1.29 is 18.3 Å². The van der Waals surface area contributed by atoms with Gasteiger partial charge in [0.25, 0.3) is 5.91 Å². The standard InChI is InChI=1S/C9H12N2O4S/c1-11(2)9(13)6-4-3-5-7(8(6)12)16(10,14)15/h3-5,12H,1-2H3,(H2,10,14,15). The molecule has 0 unspecified atom stereocenters. The SMILES string of the molecule is CN(C)C(=O)c1cccc(S(N)(=O)=O)c1O. The summed E-state index contributed by atoms with van der Waals surface area (Å²) in [6.45, 7) is 0. The van der Waals surface area contributed by atoms with Crippen molar-refractivity contribution in [2.75, 3.05) is 14.1 Å². The third kappa shape index (κ3) is 2.31. The molecule has 0 fully saturated rings. The summed E-state index contributed by atoms with van der Waals surface area (Å²) in [5.41, 5.74) is -0.100. The number of benzene rings is 1. The van der Waals surface area contributed by atoms with Crippen molar-refractivity contribution in [3.05, 3.63) is 23.8 Å². The maximum Gasteiger partial charge on any atom is 0.257 e. The molecule has 0 aliphatic heterocycles. The summed E-state index contributed by atoms with van der Waals surface area (Å²) < 4.78 is 22.2. The molecule has 0 bridgehead atoms. The zero-order valence-electron chi connectivity index (χ0n) is 8.84. The number of primary sulfonamides is 1. The summed E-state index contributed by atoms with van der Waals surface area (Å²) in [6, 6.07) is 3.81. The van der Waals surface area contributed by atoms with Crippen LogP contribution < -0.4 is 5.14 Å². The van der Waals surface area contributed by atoms with E-state index in [4.69, 9.17) is 5.14 Å². The first-order valence-corrected chi connectivity index (χ1v) is 5.86. The molecule has 88 valence electrons. The van der Waals surface area contributed by atoms with Crippen LogP contribution in [0.5, 0.6) is 5.75 Å². The molecule has 7 heteroatoms. The Hall–Kier alpha value is -1.60. The zero-order chi connectivity index (χ0) is 12.5. The second-order valence-corrected chi connectivity index (χ2v) is 4.93. The summed E-state index contributed by atoms with van der Waals surface area (Å²) in [5, 5.41) is 14.5. The second kappa shape index (κ2) is 4.11. The lowest BCUT2D eigenvalue weighted by Gasteiger charge is -2.12. The second-order valence-electron chi connectivity index (χ2n) is 3.40. The smallest absolute Gasteiger partial charge is 0.257 e. The van der Waals surface area contributed by atoms with Crippen LogP contribution in [0.25, 0.3) is 0 Å². The van der Waals surface area contributed by atoms with E-state index in [1.165, 1.54) is 31.1 Å². The highest BCUT2D eigenvalue weighted by atomic mass is 32.2. The van der Waals surface area contributed by atoms with Crippen molar-refractivity contribution >= 4 is 15.9 Å². The first-order chi connectivity index (χ1) is 7.25. The Morgan fingerprint density at radius 2 is 1.94 bits per heavy atom. The number of phenols is 1. The number of amides is 1. The van der Waals surface area contributed by atoms with Crippen LogP contribution in [-0.2, 0) is 10.0 Å². The molecule has 1 amide bonds. The monoisotopic (exact) mass is 244 g/mol. The van der Waals surface area contributed by atoms with E-state index in [9.17, 15) is 18.3 Å². The highest BCUT2D eigenvalue weighted by Gasteiger charge is 2.20. The molecule has 0 radical (unpaired) electrons. The van der Waals surface area contributed by atoms with E-state index in [1.807, 2.05) is 0 Å². The fraction of sp³-hybridized carbons (Fsp3) is 0.222. The number of hydrogen-bond acceptors (Lipinski definition) is 4. The third-order valence-electron chi connectivity index (χ3n) is 1.94. The molecule has 1 rings (SSSR count). The molecule has 0 aliphatic carbocycles. The maximum atomic E-state index is 11.6. The van der Waals surface area contributed by atoms with Crippen molar-refractivity contribution in [2.24, 2.45) is 5.14 Å². The molecule has 0 heterocycles. The van der Waals surface area contributed by atoms with Crippen LogP contribution in [0, 0.1) is 0 Å². The molecule has 3 N–H and O–H groups in total. The van der Waals surface area contributed by atoms with Gasteiger partial charge in [-0.3, -0.25) is 4.79 Å². The molecule has 1 aromatic rings. The highest BCUT2D eigenvalue weighted by Crippen LogP contribution is 2.26. The number of carbonyl (C=O) groups is 1. The molecule has 0 atom stereocenters. The van der Waals surface area contributed by atoms with Crippen molar-refractivity contribution in [1.82, 2.24) is 4.90 Å². The Morgan fingerprint density at radius 3 is 2.38 bits per heavy atom. The fourth-order valence-electron chi connectivity index (χ4n) is 1.17. The van der Waals surface area contributed by atoms with E-state index in [0.717, 1.165) is 6.07 Å². The Labute approximate surface area is 93.3 Å². The van der Waals surface area contributed by atoms with Gasteiger partial charge >= 0.3 is 0 Å². The number of nitrogens with zero attached hydrogens (tertiary/aromatic N) is 1. The first kappa shape index (κ1) is 12.5. The van der Waals surface area contributed by atoms with Gasteiger partial charge in [0.15, 0.2) is 0 Å². The molecule has 0 spiro atoms. The number of hydrogen-bond donors (Lipinski definition) is 2. The Balaban J connectivity index is 3.42. The summed E-state index contributed by atoms with van der Waals surface area (Å²) in [7, 11) is -1.05. The maximum absolute atomic E-state index is 11.6. The summed E-state index contributed by atoms with van der Waals surface area (Å²) in [6.07, 6.45) is 0. The van der Waals surface area contributed by atoms with Gasteiger partial charge in [-0.2, -0.15) is 0 Å². The first-order valence-electron chi connectivity index (χ1n) is 4.31. The lowest BCUT2D eigenvalue weighted by molar-refractivity contribution is 0.0824. The number of nitrogens with two attached hydrogens (primary N) is 1. The molecule has 0 aromatic heterocycles. The topological polar surface area (TPSA) is 101 Å². The van der Waals surface area contributed by atoms with Crippen molar-refractivity contribution in [1.29, 1.82) is 0 Å². The number of rotatable bonds is 2. The van der Waals surface area contributed by atoms with Gasteiger partial charge in [0, 0.05) is 14.1 Å². The van der Waals surface area contributed by atoms with Gasteiger partial charge < -0.3 is 10.0 Å². The Kier molecular flexibility index (Phi) is 3.20. The molecule has 0 saturated carbocycles. The molecule has 1 aromatic carbocycles. The zero-order valence-corrected chi connectivity index (χ0v) is 9.65. The van der Waals surface area contributed by atoms with E-state index in [-0.39, 0.29) is 5.56 Å². The number of phenolic OH excluding ortho intramolecular Hbond substituents is 1. The molecular weight excluding hydrogens is 232 g/mol. The molecule has 16 heavy (non-hydrogen) atoms. The van der Waals surface area contributed by atoms with Crippen LogP contribution in [0.4, 0.5) is 0 Å². The van der Waals surface area contributed by atoms with E-state index >= 15 is 0 Å². The summed E-state index contributed by atoms with van der Waals surface area (Å²) in [4.78, 5) is 12.3. The van der Waals surface area contributed by atoms with Crippen molar-refractivity contribution in [3.63, 3.8) is 0 Å². The van der Waals surface area contributed by atoms with Crippen LogP contribution in [0.3, 0.4) is 0 Å². The van der Waals surface area contributed by atoms with Crippen LogP contribution in [0.2, 0.25) is 0 Å². The number of para-hydroxylation sites is 1. The van der Waals surface area contributed by atoms with Gasteiger partial charge in [0.1, 0.15) is 10.6 Å². The third-order valence-corrected chi connectivity index (χ3v) is 2.88. The summed E-state index contributed by atoms with van der Waals surface area (Å²) >= 11 is 0. The molecule has 6 nitrogen and oxygen atoms in total. The highest BCUT2D eigenvalue weighted by molar-refractivity contribution is 7.89. The summed E-state index contributed by atoms with van der Waals surface area (Å²) in [5.74, 6) is -1.12. The van der Waals surface area contributed by atoms with Gasteiger partial charge in [0.05, 0.1) is 5.56 Å². The largest absolute Gasteiger partial charge is 0.506 e. The predicted octanol–water partition coefficient (Wildman–Crippen LogP) is -0.259. The van der Waals surface area contributed by atoms with Gasteiger partial charge in [0.2, 0.25) is 10.0 Å². The minimum Gasteiger partial charge on any atom is -0.506 e. The quantitative estimate of drug-likeness (QED) is 0.748. The fourth-order valence-corrected chi connectivity index (χ4v) is 1.81. The van der Waals surface area contributed by atoms with Gasteiger partial charge in [-0.25, -0.2) is 13.6 Å². The lowest BCUT2D eigenvalue weighted by atomic mass is 10.2. The minimum absolute atomic E-state index is 0.100. The van der Waals surface area contributed by atoms with Gasteiger partial charge in [-0.05, 0) is 12.1 Å². The lowest BCUT2D eigenvalue weighted by Crippen LogP contribution is -2.22.